The topological polar surface area (TPSA) is 86.7 Å². The summed E-state index contributed by atoms with van der Waals surface area (Å²) in [5, 5.41) is 11.5. The fourth-order valence-corrected chi connectivity index (χ4v) is 2.91. The van der Waals surface area contributed by atoms with Crippen molar-refractivity contribution in [3.8, 4) is 0 Å². The molecule has 132 valence electrons. The van der Waals surface area contributed by atoms with Gasteiger partial charge in [-0.05, 0) is 42.3 Å². The predicted molar refractivity (Wildman–Crippen MR) is 98.2 cm³/mol. The van der Waals surface area contributed by atoms with E-state index in [1.165, 1.54) is 24.3 Å². The molecule has 2 aromatic rings. The van der Waals surface area contributed by atoms with E-state index in [-0.39, 0.29) is 16.3 Å². The molecule has 0 bridgehead atoms. The molecule has 6 nitrogen and oxygen atoms in total. The number of carbonyl (C=O) groups is 3. The van der Waals surface area contributed by atoms with E-state index in [0.29, 0.717) is 17.8 Å². The number of aromatic carboxylic acids is 1. The Morgan fingerprint density at radius 3 is 2.35 bits per heavy atom. The van der Waals surface area contributed by atoms with Gasteiger partial charge in [0.2, 0.25) is 0 Å². The van der Waals surface area contributed by atoms with E-state index in [1.54, 1.807) is 12.1 Å². The highest BCUT2D eigenvalue weighted by Gasteiger charge is 2.39. The van der Waals surface area contributed by atoms with E-state index in [9.17, 15) is 14.4 Å². The summed E-state index contributed by atoms with van der Waals surface area (Å²) in [7, 11) is 0. The van der Waals surface area contributed by atoms with Crippen LogP contribution in [0.4, 0.5) is 11.4 Å². The number of carboxylic acids is 1. The number of aryl methyl sites for hydroxylation is 1. The van der Waals surface area contributed by atoms with E-state index in [0.717, 1.165) is 10.5 Å². The quantitative estimate of drug-likeness (QED) is 0.788. The highest BCUT2D eigenvalue weighted by atomic mass is 35.5. The van der Waals surface area contributed by atoms with Gasteiger partial charge in [-0.2, -0.15) is 0 Å². The Labute approximate surface area is 154 Å². The van der Waals surface area contributed by atoms with Crippen LogP contribution in [-0.2, 0) is 16.0 Å². The third-order valence-corrected chi connectivity index (χ3v) is 4.39. The average Bonchev–Trinajstić information content (AvgIpc) is 2.85. The number of hydrogen-bond acceptors (Lipinski definition) is 4. The highest BCUT2D eigenvalue weighted by molar-refractivity contribution is 6.53. The molecule has 2 N–H and O–H groups in total. The number of para-hydroxylation sites is 1. The second-order valence-corrected chi connectivity index (χ2v) is 6.00. The first-order valence-corrected chi connectivity index (χ1v) is 8.28. The van der Waals surface area contributed by atoms with E-state index in [1.807, 2.05) is 19.1 Å². The molecule has 0 atom stereocenters. The minimum atomic E-state index is -1.05. The first-order valence-electron chi connectivity index (χ1n) is 7.91. The number of halogens is 1. The maximum absolute atomic E-state index is 12.8. The number of carbonyl (C=O) groups excluding carboxylic acids is 2. The molecule has 2 aromatic carbocycles. The summed E-state index contributed by atoms with van der Waals surface area (Å²) in [6, 6.07) is 12.9. The van der Waals surface area contributed by atoms with Gasteiger partial charge in [-0.15, -0.1) is 0 Å². The lowest BCUT2D eigenvalue weighted by atomic mass is 10.1. The summed E-state index contributed by atoms with van der Waals surface area (Å²) in [5.74, 6) is -2.20. The number of nitrogens with one attached hydrogen (secondary N) is 1. The molecule has 3 rings (SSSR count). The van der Waals surface area contributed by atoms with Crippen LogP contribution in [0.2, 0.25) is 0 Å². The summed E-state index contributed by atoms with van der Waals surface area (Å²) >= 11 is 6.11. The van der Waals surface area contributed by atoms with Gasteiger partial charge < -0.3 is 10.4 Å². The molecule has 2 amide bonds. The maximum Gasteiger partial charge on any atom is 0.335 e. The van der Waals surface area contributed by atoms with Gasteiger partial charge in [0.25, 0.3) is 11.8 Å². The molecule has 1 aliphatic rings. The molecular formula is C19H15ClN2O4. The summed E-state index contributed by atoms with van der Waals surface area (Å²) < 4.78 is 0. The minimum Gasteiger partial charge on any atom is -0.478 e. The first kappa shape index (κ1) is 17.7. The summed E-state index contributed by atoms with van der Waals surface area (Å²) in [5.41, 5.74) is 1.88. The zero-order valence-electron chi connectivity index (χ0n) is 13.8. The summed E-state index contributed by atoms with van der Waals surface area (Å²) in [6.45, 7) is 1.93. The Balaban J connectivity index is 1.90. The third kappa shape index (κ3) is 3.07. The molecule has 0 aliphatic carbocycles. The van der Waals surface area contributed by atoms with E-state index < -0.39 is 17.8 Å². The van der Waals surface area contributed by atoms with Crippen molar-refractivity contribution in [1.82, 2.24) is 0 Å². The zero-order valence-corrected chi connectivity index (χ0v) is 14.6. The fourth-order valence-electron chi connectivity index (χ4n) is 2.70. The second kappa shape index (κ2) is 7.01. The van der Waals surface area contributed by atoms with Crippen LogP contribution in [0.25, 0.3) is 0 Å². The third-order valence-electron chi connectivity index (χ3n) is 4.04. The van der Waals surface area contributed by atoms with Crippen molar-refractivity contribution in [1.29, 1.82) is 0 Å². The molecule has 0 saturated heterocycles. The normalized spacial score (nSPS) is 14.2. The van der Waals surface area contributed by atoms with Crippen molar-refractivity contribution in [2.45, 2.75) is 13.3 Å². The van der Waals surface area contributed by atoms with Crippen molar-refractivity contribution in [2.24, 2.45) is 0 Å². The number of rotatable bonds is 5. The van der Waals surface area contributed by atoms with Gasteiger partial charge in [0.1, 0.15) is 10.7 Å². The van der Waals surface area contributed by atoms with Gasteiger partial charge in [-0.25, -0.2) is 9.69 Å². The van der Waals surface area contributed by atoms with E-state index in [2.05, 4.69) is 5.32 Å². The van der Waals surface area contributed by atoms with Crippen LogP contribution in [0.5, 0.6) is 0 Å². The first-order chi connectivity index (χ1) is 12.4. The number of carboxylic acid groups (broad SMARTS) is 1. The fraction of sp³-hybridized carbons (Fsp3) is 0.105. The molecule has 7 heteroatoms. The van der Waals surface area contributed by atoms with Crippen molar-refractivity contribution in [2.75, 3.05) is 10.2 Å². The molecule has 0 fully saturated rings. The predicted octanol–water partition coefficient (Wildman–Crippen LogP) is 3.38. The number of hydrogen-bond donors (Lipinski definition) is 2. The monoisotopic (exact) mass is 370 g/mol. The van der Waals surface area contributed by atoms with Gasteiger partial charge >= 0.3 is 5.97 Å². The maximum atomic E-state index is 12.8. The minimum absolute atomic E-state index is 0.0364. The Morgan fingerprint density at radius 1 is 1.08 bits per heavy atom. The molecule has 0 aromatic heterocycles. The Hall–Kier alpha value is -3.12. The van der Waals surface area contributed by atoms with Crippen LogP contribution in [0.1, 0.15) is 22.8 Å². The van der Waals surface area contributed by atoms with E-state index in [4.69, 9.17) is 16.7 Å². The molecule has 0 radical (unpaired) electrons. The molecule has 0 spiro atoms. The van der Waals surface area contributed by atoms with Gasteiger partial charge in [0.05, 0.1) is 11.3 Å². The van der Waals surface area contributed by atoms with Crippen molar-refractivity contribution >= 4 is 40.8 Å². The van der Waals surface area contributed by atoms with Crippen molar-refractivity contribution in [3.63, 3.8) is 0 Å². The Kier molecular flexibility index (Phi) is 4.77. The second-order valence-electron chi connectivity index (χ2n) is 5.62. The van der Waals surface area contributed by atoms with Crippen LogP contribution < -0.4 is 10.2 Å². The molecule has 1 heterocycles. The lowest BCUT2D eigenvalue weighted by Crippen LogP contribution is -2.33. The van der Waals surface area contributed by atoms with Gasteiger partial charge in [-0.1, -0.05) is 36.7 Å². The van der Waals surface area contributed by atoms with E-state index >= 15 is 0 Å². The largest absolute Gasteiger partial charge is 0.478 e. The average molecular weight is 371 g/mol. The number of anilines is 2. The number of nitrogens with zero attached hydrogens (tertiary/aromatic N) is 1. The number of benzene rings is 2. The lowest BCUT2D eigenvalue weighted by molar-refractivity contribution is -0.120. The zero-order chi connectivity index (χ0) is 18.8. The molecule has 0 saturated carbocycles. The van der Waals surface area contributed by atoms with Crippen LogP contribution >= 0.6 is 11.6 Å². The highest BCUT2D eigenvalue weighted by Crippen LogP contribution is 2.32. The standard InChI is InChI=1S/C19H15ClN2O4/c1-2-11-5-3-4-6-14(11)22-17(23)15(20)16(18(22)24)21-13-9-7-12(8-10-13)19(25)26/h3-10,21H,2H2,1H3,(H,25,26). The Bertz CT molecular complexity index is 935. The molecular weight excluding hydrogens is 356 g/mol. The van der Waals surface area contributed by atoms with Crippen LogP contribution in [0.15, 0.2) is 59.3 Å². The molecule has 26 heavy (non-hydrogen) atoms. The summed E-state index contributed by atoms with van der Waals surface area (Å²) in [6.07, 6.45) is 0.657. The Morgan fingerprint density at radius 2 is 1.73 bits per heavy atom. The van der Waals surface area contributed by atoms with Crippen molar-refractivity contribution in [3.05, 3.63) is 70.4 Å². The summed E-state index contributed by atoms with van der Waals surface area (Å²) in [4.78, 5) is 37.3. The van der Waals surface area contributed by atoms with Gasteiger partial charge in [-0.3, -0.25) is 9.59 Å². The smallest absolute Gasteiger partial charge is 0.335 e. The van der Waals surface area contributed by atoms with Gasteiger partial charge in [0.15, 0.2) is 0 Å². The molecule has 0 unspecified atom stereocenters. The van der Waals surface area contributed by atoms with Gasteiger partial charge in [0, 0.05) is 5.69 Å². The van der Waals surface area contributed by atoms with Crippen LogP contribution in [0, 0.1) is 0 Å². The SMILES string of the molecule is CCc1ccccc1N1C(=O)C(Cl)=C(Nc2ccc(C(=O)O)cc2)C1=O. The lowest BCUT2D eigenvalue weighted by Gasteiger charge is -2.18. The number of amides is 2. The number of imide groups is 1. The molecule has 1 aliphatic heterocycles. The van der Waals surface area contributed by atoms with Crippen LogP contribution in [-0.4, -0.2) is 22.9 Å². The van der Waals surface area contributed by atoms with Crippen molar-refractivity contribution < 1.29 is 19.5 Å². The van der Waals surface area contributed by atoms with Crippen LogP contribution in [0.3, 0.4) is 0 Å².